The number of methoxy groups -OCH3 is 1. The Morgan fingerprint density at radius 1 is 1.45 bits per heavy atom. The molecule has 22 heavy (non-hydrogen) atoms. The van der Waals surface area contributed by atoms with Crippen LogP contribution in [0.25, 0.3) is 0 Å². The summed E-state index contributed by atoms with van der Waals surface area (Å²) in [5.41, 5.74) is 6.75. The average molecular weight is 310 g/mol. The maximum atomic E-state index is 13.8. The van der Waals surface area contributed by atoms with Gasteiger partial charge >= 0.3 is 0 Å². The molecular weight excluding hydrogens is 287 g/mol. The number of likely N-dealkylation sites (tertiary alicyclic amines) is 1. The van der Waals surface area contributed by atoms with Gasteiger partial charge in [-0.15, -0.1) is 0 Å². The summed E-state index contributed by atoms with van der Waals surface area (Å²) in [5.74, 6) is -0.474. The highest BCUT2D eigenvalue weighted by Crippen LogP contribution is 2.16. The molecule has 1 saturated heterocycles. The zero-order valence-electron chi connectivity index (χ0n) is 12.9. The number of nitrogens with zero attached hydrogens (tertiary/aromatic N) is 1. The topological polar surface area (TPSA) is 64.8 Å². The molecule has 1 aromatic rings. The highest BCUT2D eigenvalue weighted by molar-refractivity contribution is 5.94. The SMILES string of the molecule is COCCOCc1cc(C(=O)N2CCCC(N)C2)ccc1F. The van der Waals surface area contributed by atoms with Crippen molar-refractivity contribution in [2.45, 2.75) is 25.5 Å². The van der Waals surface area contributed by atoms with E-state index in [4.69, 9.17) is 15.2 Å². The predicted molar refractivity (Wildman–Crippen MR) is 81.0 cm³/mol. The summed E-state index contributed by atoms with van der Waals surface area (Å²) in [7, 11) is 1.58. The normalized spacial score (nSPS) is 18.5. The van der Waals surface area contributed by atoms with E-state index in [-0.39, 0.29) is 24.4 Å². The summed E-state index contributed by atoms with van der Waals surface area (Å²) in [6, 6.07) is 4.41. The van der Waals surface area contributed by atoms with Gasteiger partial charge in [0.25, 0.3) is 5.91 Å². The van der Waals surface area contributed by atoms with E-state index in [0.29, 0.717) is 37.4 Å². The van der Waals surface area contributed by atoms with Gasteiger partial charge in [0.1, 0.15) is 5.82 Å². The molecule has 0 bridgehead atoms. The second kappa shape index (κ2) is 8.22. The van der Waals surface area contributed by atoms with E-state index in [1.54, 1.807) is 18.1 Å². The zero-order valence-corrected chi connectivity index (χ0v) is 12.9. The lowest BCUT2D eigenvalue weighted by Crippen LogP contribution is -2.45. The van der Waals surface area contributed by atoms with Crippen LogP contribution in [0.15, 0.2) is 18.2 Å². The van der Waals surface area contributed by atoms with Gasteiger partial charge in [0.05, 0.1) is 19.8 Å². The minimum Gasteiger partial charge on any atom is -0.382 e. The Labute approximate surface area is 130 Å². The number of hydrogen-bond donors (Lipinski definition) is 1. The van der Waals surface area contributed by atoms with Gasteiger partial charge in [-0.3, -0.25) is 4.79 Å². The predicted octanol–water partition coefficient (Wildman–Crippen LogP) is 1.55. The monoisotopic (exact) mass is 310 g/mol. The molecule has 2 rings (SSSR count). The molecule has 0 spiro atoms. The van der Waals surface area contributed by atoms with Gasteiger partial charge < -0.3 is 20.1 Å². The minimum atomic E-state index is -0.371. The first-order valence-corrected chi connectivity index (χ1v) is 7.51. The Hall–Kier alpha value is -1.50. The summed E-state index contributed by atoms with van der Waals surface area (Å²) in [6.45, 7) is 2.20. The maximum Gasteiger partial charge on any atom is 0.253 e. The van der Waals surface area contributed by atoms with Gasteiger partial charge in [-0.05, 0) is 31.0 Å². The molecule has 2 N–H and O–H groups in total. The van der Waals surface area contributed by atoms with Gasteiger partial charge in [-0.25, -0.2) is 4.39 Å². The first-order valence-electron chi connectivity index (χ1n) is 7.51. The van der Waals surface area contributed by atoms with Crippen molar-refractivity contribution < 1.29 is 18.7 Å². The van der Waals surface area contributed by atoms with Gasteiger partial charge in [0, 0.05) is 37.4 Å². The second-order valence-corrected chi connectivity index (χ2v) is 5.51. The molecule has 0 radical (unpaired) electrons. The molecule has 6 heteroatoms. The molecule has 0 aliphatic carbocycles. The minimum absolute atomic E-state index is 0.0231. The van der Waals surface area contributed by atoms with Crippen molar-refractivity contribution >= 4 is 5.91 Å². The Kier molecular flexibility index (Phi) is 6.30. The van der Waals surface area contributed by atoms with Crippen molar-refractivity contribution in [2.75, 3.05) is 33.4 Å². The third kappa shape index (κ3) is 4.50. The van der Waals surface area contributed by atoms with E-state index < -0.39 is 0 Å². The van der Waals surface area contributed by atoms with E-state index in [9.17, 15) is 9.18 Å². The van der Waals surface area contributed by atoms with Crippen LogP contribution >= 0.6 is 0 Å². The van der Waals surface area contributed by atoms with Crippen molar-refractivity contribution in [1.82, 2.24) is 4.90 Å². The third-order valence-corrected chi connectivity index (χ3v) is 3.73. The molecule has 1 heterocycles. The lowest BCUT2D eigenvalue weighted by atomic mass is 10.0. The second-order valence-electron chi connectivity index (χ2n) is 5.51. The van der Waals surface area contributed by atoms with Gasteiger partial charge in [0.15, 0.2) is 0 Å². The summed E-state index contributed by atoms with van der Waals surface area (Å²) < 4.78 is 24.0. The lowest BCUT2D eigenvalue weighted by Gasteiger charge is -2.30. The van der Waals surface area contributed by atoms with Gasteiger partial charge in [-0.1, -0.05) is 0 Å². The molecule has 1 aliphatic heterocycles. The highest BCUT2D eigenvalue weighted by atomic mass is 19.1. The van der Waals surface area contributed by atoms with Crippen LogP contribution in [0.5, 0.6) is 0 Å². The van der Waals surface area contributed by atoms with Crippen molar-refractivity contribution in [2.24, 2.45) is 5.73 Å². The molecule has 1 aromatic carbocycles. The number of halogens is 1. The first kappa shape index (κ1) is 16.9. The fourth-order valence-electron chi connectivity index (χ4n) is 2.52. The van der Waals surface area contributed by atoms with Crippen molar-refractivity contribution in [3.8, 4) is 0 Å². The molecule has 1 amide bonds. The van der Waals surface area contributed by atoms with Crippen LogP contribution in [0.2, 0.25) is 0 Å². The summed E-state index contributed by atoms with van der Waals surface area (Å²) in [5, 5.41) is 0. The number of rotatable bonds is 6. The van der Waals surface area contributed by atoms with E-state index >= 15 is 0 Å². The third-order valence-electron chi connectivity index (χ3n) is 3.73. The first-order chi connectivity index (χ1) is 10.6. The molecular formula is C16H23FN2O3. The smallest absolute Gasteiger partial charge is 0.253 e. The van der Waals surface area contributed by atoms with Crippen LogP contribution in [0.4, 0.5) is 4.39 Å². The zero-order chi connectivity index (χ0) is 15.9. The number of amides is 1. The van der Waals surface area contributed by atoms with Gasteiger partial charge in [0.2, 0.25) is 0 Å². The lowest BCUT2D eigenvalue weighted by molar-refractivity contribution is 0.0602. The molecule has 0 aromatic heterocycles. The molecule has 1 unspecified atom stereocenters. The fraction of sp³-hybridized carbons (Fsp3) is 0.562. The van der Waals surface area contributed by atoms with Crippen LogP contribution in [-0.2, 0) is 16.1 Å². The van der Waals surface area contributed by atoms with E-state index in [1.807, 2.05) is 0 Å². The largest absolute Gasteiger partial charge is 0.382 e. The van der Waals surface area contributed by atoms with Gasteiger partial charge in [-0.2, -0.15) is 0 Å². The van der Waals surface area contributed by atoms with Crippen molar-refractivity contribution in [3.05, 3.63) is 35.1 Å². The number of carbonyl (C=O) groups is 1. The van der Waals surface area contributed by atoms with Crippen LogP contribution in [0, 0.1) is 5.82 Å². The molecule has 5 nitrogen and oxygen atoms in total. The van der Waals surface area contributed by atoms with Crippen LogP contribution in [-0.4, -0.2) is 50.3 Å². The standard InChI is InChI=1S/C16H23FN2O3/c1-21-7-8-22-11-13-9-12(4-5-15(13)17)16(20)19-6-2-3-14(18)10-19/h4-5,9,14H,2-3,6-8,10-11,18H2,1H3. The summed E-state index contributed by atoms with van der Waals surface area (Å²) >= 11 is 0. The van der Waals surface area contributed by atoms with Crippen LogP contribution < -0.4 is 5.73 Å². The number of ether oxygens (including phenoxy) is 2. The van der Waals surface area contributed by atoms with Crippen LogP contribution in [0.3, 0.4) is 0 Å². The van der Waals surface area contributed by atoms with Crippen molar-refractivity contribution in [3.63, 3.8) is 0 Å². The fourth-order valence-corrected chi connectivity index (χ4v) is 2.52. The Morgan fingerprint density at radius 3 is 3.00 bits per heavy atom. The number of nitrogens with two attached hydrogens (primary N) is 1. The van der Waals surface area contributed by atoms with Crippen molar-refractivity contribution in [1.29, 1.82) is 0 Å². The van der Waals surface area contributed by atoms with E-state index in [2.05, 4.69) is 0 Å². The molecule has 1 atom stereocenters. The number of carbonyl (C=O) groups excluding carboxylic acids is 1. The summed E-state index contributed by atoms with van der Waals surface area (Å²) in [6.07, 6.45) is 1.84. The van der Waals surface area contributed by atoms with E-state index in [1.165, 1.54) is 12.1 Å². The highest BCUT2D eigenvalue weighted by Gasteiger charge is 2.22. The number of piperidine rings is 1. The molecule has 1 fully saturated rings. The molecule has 1 aliphatic rings. The summed E-state index contributed by atoms with van der Waals surface area (Å²) in [4.78, 5) is 14.2. The average Bonchev–Trinajstić information content (AvgIpc) is 2.52. The Morgan fingerprint density at radius 2 is 2.27 bits per heavy atom. The maximum absolute atomic E-state index is 13.8. The quantitative estimate of drug-likeness (QED) is 0.810. The molecule has 122 valence electrons. The van der Waals surface area contributed by atoms with Crippen LogP contribution in [0.1, 0.15) is 28.8 Å². The Bertz CT molecular complexity index is 510. The number of benzene rings is 1. The van der Waals surface area contributed by atoms with E-state index in [0.717, 1.165) is 12.8 Å². The Balaban J connectivity index is 2.02. The number of hydrogen-bond acceptors (Lipinski definition) is 4. The molecule has 0 saturated carbocycles.